The molecule has 0 aliphatic rings. The van der Waals surface area contributed by atoms with E-state index < -0.39 is 18.1 Å². The Bertz CT molecular complexity index is 644. The highest BCUT2D eigenvalue weighted by atomic mass is 16.4. The van der Waals surface area contributed by atoms with Crippen LogP contribution >= 0.6 is 0 Å². The number of nitrogens with zero attached hydrogens (tertiary/aromatic N) is 1. The SMILES string of the molecule is O=C(NC[C@H](O)C(=O)O)Nc1cnc2ccccc2c1. The first-order valence-corrected chi connectivity index (χ1v) is 5.87. The molecule has 0 radical (unpaired) electrons. The zero-order valence-electron chi connectivity index (χ0n) is 10.4. The average molecular weight is 275 g/mol. The van der Waals surface area contributed by atoms with Gasteiger partial charge in [0.25, 0.3) is 0 Å². The van der Waals surface area contributed by atoms with Crippen LogP contribution in [-0.4, -0.2) is 39.8 Å². The number of hydrogen-bond acceptors (Lipinski definition) is 4. The number of amides is 2. The number of carbonyl (C=O) groups excluding carboxylic acids is 1. The Morgan fingerprint density at radius 1 is 1.30 bits per heavy atom. The average Bonchev–Trinajstić information content (AvgIpc) is 2.44. The van der Waals surface area contributed by atoms with E-state index in [1.807, 2.05) is 24.3 Å². The molecule has 0 unspecified atom stereocenters. The van der Waals surface area contributed by atoms with Gasteiger partial charge in [0.2, 0.25) is 0 Å². The van der Waals surface area contributed by atoms with Gasteiger partial charge in [-0.3, -0.25) is 4.98 Å². The molecule has 20 heavy (non-hydrogen) atoms. The summed E-state index contributed by atoms with van der Waals surface area (Å²) in [6.07, 6.45) is -0.134. The Hall–Kier alpha value is -2.67. The van der Waals surface area contributed by atoms with Crippen LogP contribution in [0, 0.1) is 0 Å². The molecule has 2 aromatic rings. The van der Waals surface area contributed by atoms with Crippen molar-refractivity contribution in [1.29, 1.82) is 0 Å². The molecule has 7 heteroatoms. The fraction of sp³-hybridized carbons (Fsp3) is 0.154. The largest absolute Gasteiger partial charge is 0.479 e. The number of anilines is 1. The lowest BCUT2D eigenvalue weighted by atomic mass is 10.2. The maximum absolute atomic E-state index is 11.5. The van der Waals surface area contributed by atoms with Crippen molar-refractivity contribution >= 4 is 28.6 Å². The Kier molecular flexibility index (Phi) is 4.11. The van der Waals surface area contributed by atoms with Crippen molar-refractivity contribution in [1.82, 2.24) is 10.3 Å². The van der Waals surface area contributed by atoms with Gasteiger partial charge in [-0.2, -0.15) is 0 Å². The van der Waals surface area contributed by atoms with Gasteiger partial charge in [0.1, 0.15) is 0 Å². The summed E-state index contributed by atoms with van der Waals surface area (Å²) >= 11 is 0. The number of aliphatic hydroxyl groups excluding tert-OH is 1. The smallest absolute Gasteiger partial charge is 0.334 e. The number of urea groups is 1. The van der Waals surface area contributed by atoms with Crippen LogP contribution in [0.25, 0.3) is 10.9 Å². The molecule has 0 saturated heterocycles. The van der Waals surface area contributed by atoms with E-state index >= 15 is 0 Å². The van der Waals surface area contributed by atoms with Crippen LogP contribution in [0.15, 0.2) is 36.5 Å². The third kappa shape index (κ3) is 3.42. The Morgan fingerprint density at radius 3 is 2.80 bits per heavy atom. The summed E-state index contributed by atoms with van der Waals surface area (Å²) in [6, 6.07) is 8.57. The standard InChI is InChI=1S/C13H13N3O4/c17-11(12(18)19)7-15-13(20)16-9-5-8-3-1-2-4-10(8)14-6-9/h1-6,11,17H,7H2,(H,18,19)(H2,15,16,20)/t11-/m0/s1. The summed E-state index contributed by atoms with van der Waals surface area (Å²) in [6.45, 7) is -0.373. The van der Waals surface area contributed by atoms with Crippen molar-refractivity contribution in [3.63, 3.8) is 0 Å². The third-order valence-electron chi connectivity index (χ3n) is 2.59. The number of aliphatic hydroxyl groups is 1. The summed E-state index contributed by atoms with van der Waals surface area (Å²) in [5.41, 5.74) is 1.28. The number of pyridine rings is 1. The van der Waals surface area contributed by atoms with E-state index in [1.54, 1.807) is 6.07 Å². The zero-order chi connectivity index (χ0) is 14.5. The van der Waals surface area contributed by atoms with Crippen molar-refractivity contribution < 1.29 is 19.8 Å². The lowest BCUT2D eigenvalue weighted by Crippen LogP contribution is -2.38. The monoisotopic (exact) mass is 275 g/mol. The molecule has 0 aliphatic carbocycles. The van der Waals surface area contributed by atoms with Crippen molar-refractivity contribution in [3.8, 4) is 0 Å². The lowest BCUT2D eigenvalue weighted by Gasteiger charge is -2.09. The first-order chi connectivity index (χ1) is 9.56. The zero-order valence-corrected chi connectivity index (χ0v) is 10.4. The summed E-state index contributed by atoms with van der Waals surface area (Å²) in [5, 5.41) is 23.1. The van der Waals surface area contributed by atoms with Crippen LogP contribution in [0.4, 0.5) is 10.5 Å². The van der Waals surface area contributed by atoms with E-state index in [4.69, 9.17) is 10.2 Å². The number of para-hydroxylation sites is 1. The molecular formula is C13H13N3O4. The fourth-order valence-corrected chi connectivity index (χ4v) is 1.59. The number of benzene rings is 1. The second kappa shape index (κ2) is 5.98. The minimum Gasteiger partial charge on any atom is -0.479 e. The van der Waals surface area contributed by atoms with Gasteiger partial charge < -0.3 is 20.8 Å². The van der Waals surface area contributed by atoms with Gasteiger partial charge in [-0.15, -0.1) is 0 Å². The molecule has 1 heterocycles. The van der Waals surface area contributed by atoms with E-state index in [-0.39, 0.29) is 6.54 Å². The summed E-state index contributed by atoms with van der Waals surface area (Å²) in [4.78, 5) is 26.1. The van der Waals surface area contributed by atoms with Crippen molar-refractivity contribution in [2.24, 2.45) is 0 Å². The molecule has 0 saturated carbocycles. The number of aromatic nitrogens is 1. The van der Waals surface area contributed by atoms with Crippen LogP contribution in [0.5, 0.6) is 0 Å². The van der Waals surface area contributed by atoms with E-state index in [0.717, 1.165) is 10.9 Å². The van der Waals surface area contributed by atoms with Gasteiger partial charge in [-0.25, -0.2) is 9.59 Å². The van der Waals surface area contributed by atoms with Crippen molar-refractivity contribution in [2.75, 3.05) is 11.9 Å². The molecule has 2 rings (SSSR count). The molecular weight excluding hydrogens is 262 g/mol. The summed E-state index contributed by atoms with van der Waals surface area (Å²) in [7, 11) is 0. The molecule has 104 valence electrons. The predicted octanol–water partition coefficient (Wildman–Crippen LogP) is 0.802. The molecule has 0 spiro atoms. The highest BCUT2D eigenvalue weighted by molar-refractivity contribution is 5.92. The van der Waals surface area contributed by atoms with Gasteiger partial charge in [0.15, 0.2) is 6.10 Å². The van der Waals surface area contributed by atoms with Crippen LogP contribution < -0.4 is 10.6 Å². The van der Waals surface area contributed by atoms with Gasteiger partial charge in [0.05, 0.1) is 23.9 Å². The van der Waals surface area contributed by atoms with Gasteiger partial charge in [-0.05, 0) is 12.1 Å². The molecule has 1 aromatic carbocycles. The third-order valence-corrected chi connectivity index (χ3v) is 2.59. The molecule has 2 amide bonds. The van der Waals surface area contributed by atoms with E-state index in [2.05, 4.69) is 15.6 Å². The lowest BCUT2D eigenvalue weighted by molar-refractivity contribution is -0.146. The fourth-order valence-electron chi connectivity index (χ4n) is 1.59. The quantitative estimate of drug-likeness (QED) is 0.659. The number of fused-ring (bicyclic) bond motifs is 1. The first-order valence-electron chi connectivity index (χ1n) is 5.87. The summed E-state index contributed by atoms with van der Waals surface area (Å²) in [5.74, 6) is -1.39. The number of carboxylic acid groups (broad SMARTS) is 1. The number of carboxylic acids is 1. The van der Waals surface area contributed by atoms with Gasteiger partial charge >= 0.3 is 12.0 Å². The van der Waals surface area contributed by atoms with Gasteiger partial charge in [-0.1, -0.05) is 18.2 Å². The number of aliphatic carboxylic acids is 1. The highest BCUT2D eigenvalue weighted by Crippen LogP contribution is 2.15. The van der Waals surface area contributed by atoms with Crippen LogP contribution in [0.3, 0.4) is 0 Å². The second-order valence-electron chi connectivity index (χ2n) is 4.11. The molecule has 0 fully saturated rings. The molecule has 1 aromatic heterocycles. The number of nitrogens with one attached hydrogen (secondary N) is 2. The maximum Gasteiger partial charge on any atom is 0.334 e. The number of rotatable bonds is 4. The van der Waals surface area contributed by atoms with Gasteiger partial charge in [0, 0.05) is 5.39 Å². The molecule has 1 atom stereocenters. The van der Waals surface area contributed by atoms with E-state index in [0.29, 0.717) is 5.69 Å². The Morgan fingerprint density at radius 2 is 2.05 bits per heavy atom. The molecule has 4 N–H and O–H groups in total. The maximum atomic E-state index is 11.5. The highest BCUT2D eigenvalue weighted by Gasteiger charge is 2.14. The minimum atomic E-state index is -1.63. The van der Waals surface area contributed by atoms with E-state index in [9.17, 15) is 9.59 Å². The first kappa shape index (κ1) is 13.8. The van der Waals surface area contributed by atoms with Crippen molar-refractivity contribution in [2.45, 2.75) is 6.10 Å². The normalized spacial score (nSPS) is 11.8. The van der Waals surface area contributed by atoms with Crippen molar-refractivity contribution in [3.05, 3.63) is 36.5 Å². The topological polar surface area (TPSA) is 112 Å². The molecule has 0 aliphatic heterocycles. The minimum absolute atomic E-state index is 0.373. The Balaban J connectivity index is 1.97. The predicted molar refractivity (Wildman–Crippen MR) is 72.4 cm³/mol. The van der Waals surface area contributed by atoms with Crippen LogP contribution in [-0.2, 0) is 4.79 Å². The second-order valence-corrected chi connectivity index (χ2v) is 4.11. The number of hydrogen-bond donors (Lipinski definition) is 4. The molecule has 0 bridgehead atoms. The molecule has 7 nitrogen and oxygen atoms in total. The summed E-state index contributed by atoms with van der Waals surface area (Å²) < 4.78 is 0. The van der Waals surface area contributed by atoms with E-state index in [1.165, 1.54) is 6.20 Å². The Labute approximate surface area is 114 Å². The number of carbonyl (C=O) groups is 2. The van der Waals surface area contributed by atoms with Crippen LogP contribution in [0.2, 0.25) is 0 Å². The van der Waals surface area contributed by atoms with Crippen LogP contribution in [0.1, 0.15) is 0 Å².